The molecular weight excluding hydrogens is 516 g/mol. The second kappa shape index (κ2) is 10.4. The average molecular weight is 545 g/mol. The molecule has 1 atom stereocenters. The average Bonchev–Trinajstić information content (AvgIpc) is 3.42. The number of ketones is 1. The fourth-order valence-corrected chi connectivity index (χ4v) is 5.62. The van der Waals surface area contributed by atoms with Crippen LogP contribution in [0.2, 0.25) is 0 Å². The largest absolute Gasteiger partial charge is 0.507 e. The fraction of sp³-hybridized carbons (Fsp3) is 0.233. The number of hydrogen-bond acceptors (Lipinski definition) is 8. The monoisotopic (exact) mass is 544 g/mol. The van der Waals surface area contributed by atoms with Gasteiger partial charge in [-0.05, 0) is 67.4 Å². The van der Waals surface area contributed by atoms with Gasteiger partial charge in [0.25, 0.3) is 5.78 Å². The smallest absolute Gasteiger partial charge is 0.301 e. The molecule has 3 aromatic carbocycles. The van der Waals surface area contributed by atoms with Crippen LogP contribution in [0.3, 0.4) is 0 Å². The maximum absolute atomic E-state index is 13.5. The summed E-state index contributed by atoms with van der Waals surface area (Å²) in [6.45, 7) is 6.08. The number of fused-ring (bicyclic) bond motifs is 1. The van der Waals surface area contributed by atoms with Crippen molar-refractivity contribution in [3.05, 3.63) is 81.9 Å². The van der Waals surface area contributed by atoms with Gasteiger partial charge >= 0.3 is 5.91 Å². The first-order valence-electron chi connectivity index (χ1n) is 12.4. The number of methoxy groups -OCH3 is 2. The molecule has 39 heavy (non-hydrogen) atoms. The van der Waals surface area contributed by atoms with Crippen molar-refractivity contribution in [3.8, 4) is 17.2 Å². The Bertz CT molecular complexity index is 1620. The number of aliphatic hydroxyl groups is 1. The molecule has 1 N–H and O–H groups in total. The Balaban J connectivity index is 1.71. The van der Waals surface area contributed by atoms with Crippen LogP contribution in [-0.2, 0) is 9.59 Å². The summed E-state index contributed by atoms with van der Waals surface area (Å²) in [5, 5.41) is 13.7. The minimum Gasteiger partial charge on any atom is -0.507 e. The highest BCUT2D eigenvalue weighted by molar-refractivity contribution is 7.16. The van der Waals surface area contributed by atoms with Crippen molar-refractivity contribution < 1.29 is 28.9 Å². The molecule has 0 aliphatic carbocycles. The molecule has 0 saturated carbocycles. The van der Waals surface area contributed by atoms with Crippen molar-refractivity contribution in [2.75, 3.05) is 25.7 Å². The highest BCUT2D eigenvalue weighted by atomic mass is 32.1. The van der Waals surface area contributed by atoms with E-state index in [-0.39, 0.29) is 11.3 Å². The predicted molar refractivity (Wildman–Crippen MR) is 151 cm³/mol. The first kappa shape index (κ1) is 26.2. The van der Waals surface area contributed by atoms with Gasteiger partial charge in [0.15, 0.2) is 16.6 Å². The van der Waals surface area contributed by atoms with E-state index in [2.05, 4.69) is 4.98 Å². The molecule has 1 fully saturated rings. The van der Waals surface area contributed by atoms with E-state index in [1.54, 1.807) is 37.4 Å². The zero-order valence-electron chi connectivity index (χ0n) is 22.3. The molecule has 0 bridgehead atoms. The Hall–Kier alpha value is -4.37. The van der Waals surface area contributed by atoms with Gasteiger partial charge < -0.3 is 19.3 Å². The molecule has 9 heteroatoms. The topological polar surface area (TPSA) is 98.2 Å². The number of carbonyl (C=O) groups excluding carboxylic acids is 2. The van der Waals surface area contributed by atoms with Crippen LogP contribution in [0.5, 0.6) is 17.2 Å². The molecular formula is C30H28N2O6S. The maximum Gasteiger partial charge on any atom is 0.301 e. The third-order valence-corrected chi connectivity index (χ3v) is 7.86. The molecule has 1 aromatic heterocycles. The Morgan fingerprint density at radius 3 is 2.38 bits per heavy atom. The molecule has 0 spiro atoms. The molecule has 200 valence electrons. The number of benzene rings is 3. The predicted octanol–water partition coefficient (Wildman–Crippen LogP) is 5.96. The number of aromatic nitrogens is 1. The number of anilines is 1. The minimum absolute atomic E-state index is 0.0235. The van der Waals surface area contributed by atoms with Gasteiger partial charge in [0.05, 0.1) is 38.1 Å². The summed E-state index contributed by atoms with van der Waals surface area (Å²) < 4.78 is 16.5. The molecule has 1 aliphatic rings. The number of aryl methyl sites for hydroxylation is 2. The second-order valence-corrected chi connectivity index (χ2v) is 10.3. The van der Waals surface area contributed by atoms with Gasteiger partial charge in [0, 0.05) is 10.4 Å². The van der Waals surface area contributed by atoms with Gasteiger partial charge in [-0.1, -0.05) is 24.3 Å². The van der Waals surface area contributed by atoms with Crippen LogP contribution < -0.4 is 19.1 Å². The van der Waals surface area contributed by atoms with Crippen molar-refractivity contribution in [3.63, 3.8) is 0 Å². The third kappa shape index (κ3) is 4.59. The first-order chi connectivity index (χ1) is 18.8. The molecule has 1 saturated heterocycles. The third-order valence-electron chi connectivity index (χ3n) is 6.79. The summed E-state index contributed by atoms with van der Waals surface area (Å²) in [6.07, 6.45) is 0. The summed E-state index contributed by atoms with van der Waals surface area (Å²) in [7, 11) is 3.12. The summed E-state index contributed by atoms with van der Waals surface area (Å²) in [5.74, 6) is -0.114. The summed E-state index contributed by atoms with van der Waals surface area (Å²) in [4.78, 5) is 33.9. The number of thiazole rings is 1. The van der Waals surface area contributed by atoms with E-state index in [1.165, 1.54) is 23.3 Å². The van der Waals surface area contributed by atoms with E-state index in [0.717, 1.165) is 21.3 Å². The van der Waals surface area contributed by atoms with Crippen molar-refractivity contribution in [2.24, 2.45) is 0 Å². The molecule has 5 rings (SSSR count). The summed E-state index contributed by atoms with van der Waals surface area (Å²) in [5.41, 5.74) is 1.74. The Kier molecular flexibility index (Phi) is 7.01. The van der Waals surface area contributed by atoms with Crippen LogP contribution in [0, 0.1) is 13.8 Å². The lowest BCUT2D eigenvalue weighted by Gasteiger charge is -2.24. The Labute approximate surface area is 230 Å². The summed E-state index contributed by atoms with van der Waals surface area (Å²) >= 11 is 1.32. The Morgan fingerprint density at radius 1 is 0.974 bits per heavy atom. The summed E-state index contributed by atoms with van der Waals surface area (Å²) in [6, 6.07) is 15.2. The number of Topliss-reactive ketones (excluding diaryl/α,β-unsaturated/α-hetero) is 1. The van der Waals surface area contributed by atoms with Crippen LogP contribution in [0.25, 0.3) is 16.5 Å². The molecule has 1 aliphatic heterocycles. The highest BCUT2D eigenvalue weighted by Gasteiger charge is 2.48. The number of nitrogens with zero attached hydrogens (tertiary/aromatic N) is 2. The van der Waals surface area contributed by atoms with Crippen LogP contribution >= 0.6 is 11.3 Å². The van der Waals surface area contributed by atoms with Gasteiger partial charge in [-0.3, -0.25) is 14.5 Å². The fourth-order valence-electron chi connectivity index (χ4n) is 4.69. The SMILES string of the molecule is CCOc1ccc(C2/C(=C(\O)c3ccc4cc(OC)ccc4c3)C(=O)C(=O)N2c2nc(C)c(C)s2)cc1OC. The van der Waals surface area contributed by atoms with Crippen molar-refractivity contribution in [2.45, 2.75) is 26.8 Å². The molecule has 8 nitrogen and oxygen atoms in total. The molecule has 0 radical (unpaired) electrons. The second-order valence-electron chi connectivity index (χ2n) is 9.08. The van der Waals surface area contributed by atoms with E-state index in [4.69, 9.17) is 14.2 Å². The quantitative estimate of drug-likeness (QED) is 0.174. The van der Waals surface area contributed by atoms with E-state index >= 15 is 0 Å². The lowest BCUT2D eigenvalue weighted by Crippen LogP contribution is -2.29. The van der Waals surface area contributed by atoms with E-state index in [1.807, 2.05) is 45.0 Å². The van der Waals surface area contributed by atoms with Crippen molar-refractivity contribution >= 4 is 44.7 Å². The van der Waals surface area contributed by atoms with Gasteiger partial charge in [0.2, 0.25) is 0 Å². The number of carbonyl (C=O) groups is 2. The molecule has 2 heterocycles. The zero-order chi connectivity index (χ0) is 27.8. The van der Waals surface area contributed by atoms with Crippen molar-refractivity contribution in [1.82, 2.24) is 4.98 Å². The van der Waals surface area contributed by atoms with Crippen LogP contribution in [0.4, 0.5) is 5.13 Å². The van der Waals surface area contributed by atoms with Crippen LogP contribution in [0.1, 0.15) is 34.7 Å². The number of aliphatic hydroxyl groups excluding tert-OH is 1. The lowest BCUT2D eigenvalue weighted by atomic mass is 9.94. The minimum atomic E-state index is -0.925. The Morgan fingerprint density at radius 2 is 1.72 bits per heavy atom. The van der Waals surface area contributed by atoms with Gasteiger partial charge in [0.1, 0.15) is 11.5 Å². The van der Waals surface area contributed by atoms with Gasteiger partial charge in [-0.2, -0.15) is 0 Å². The van der Waals surface area contributed by atoms with E-state index in [9.17, 15) is 14.7 Å². The number of hydrogen-bond donors (Lipinski definition) is 1. The molecule has 1 amide bonds. The molecule has 1 unspecified atom stereocenters. The normalized spacial score (nSPS) is 16.6. The first-order valence-corrected chi connectivity index (χ1v) is 13.2. The number of rotatable bonds is 7. The van der Waals surface area contributed by atoms with E-state index in [0.29, 0.717) is 40.1 Å². The number of ether oxygens (including phenoxy) is 3. The highest BCUT2D eigenvalue weighted by Crippen LogP contribution is 2.45. The van der Waals surface area contributed by atoms with Crippen LogP contribution in [-0.4, -0.2) is 42.6 Å². The van der Waals surface area contributed by atoms with Gasteiger partial charge in [-0.15, -0.1) is 11.3 Å². The van der Waals surface area contributed by atoms with Crippen LogP contribution in [0.15, 0.2) is 60.2 Å². The van der Waals surface area contributed by atoms with Crippen molar-refractivity contribution in [1.29, 1.82) is 0 Å². The van der Waals surface area contributed by atoms with E-state index < -0.39 is 17.7 Å². The lowest BCUT2D eigenvalue weighted by molar-refractivity contribution is -0.132. The number of amides is 1. The zero-order valence-corrected chi connectivity index (χ0v) is 23.1. The maximum atomic E-state index is 13.5. The molecule has 4 aromatic rings. The van der Waals surface area contributed by atoms with Gasteiger partial charge in [-0.25, -0.2) is 4.98 Å². The standard InChI is InChI=1S/C30H28N2O6S/c1-6-38-23-12-10-20(15-24(23)37-5)26-25(28(34)29(35)32(26)30-31-16(2)17(3)39-30)27(33)21-8-7-19-14-22(36-4)11-9-18(19)13-21/h7-15,26,33H,6H2,1-5H3/b27-25+.